The first-order valence-electron chi connectivity index (χ1n) is 8.61. The number of amides is 1. The van der Waals surface area contributed by atoms with E-state index in [2.05, 4.69) is 21.4 Å². The number of carbonyl (C=O) groups is 1. The molecule has 0 radical (unpaired) electrons. The topological polar surface area (TPSA) is 74.0 Å². The molecular weight excluding hydrogens is 326 g/mol. The van der Waals surface area contributed by atoms with Gasteiger partial charge in [0.15, 0.2) is 0 Å². The predicted octanol–water partition coefficient (Wildman–Crippen LogP) is 2.47. The largest absolute Gasteiger partial charge is 0.337 e. The fraction of sp³-hybridized carbons (Fsp3) is 0.706. The molecule has 130 valence electrons. The first-order valence-corrected chi connectivity index (χ1v) is 8.99. The Morgan fingerprint density at radius 2 is 2.17 bits per heavy atom. The number of nitriles is 1. The molecule has 3 rings (SSSR count). The van der Waals surface area contributed by atoms with E-state index in [1.807, 2.05) is 14.0 Å². The molecule has 2 heterocycles. The highest BCUT2D eigenvalue weighted by atomic mass is 35.5. The third kappa shape index (κ3) is 3.15. The summed E-state index contributed by atoms with van der Waals surface area (Å²) in [7, 11) is 1.83. The molecule has 0 bridgehead atoms. The van der Waals surface area contributed by atoms with Gasteiger partial charge in [-0.3, -0.25) is 14.4 Å². The Morgan fingerprint density at radius 3 is 2.75 bits per heavy atom. The Morgan fingerprint density at radius 1 is 1.46 bits per heavy atom. The number of aryl methyl sites for hydroxylation is 2. The first kappa shape index (κ1) is 17.2. The van der Waals surface area contributed by atoms with Crippen LogP contribution in [0.2, 0.25) is 5.15 Å². The summed E-state index contributed by atoms with van der Waals surface area (Å²) in [4.78, 5) is 14.7. The summed E-state index contributed by atoms with van der Waals surface area (Å²) in [6.45, 7) is 3.13. The second kappa shape index (κ2) is 6.73. The van der Waals surface area contributed by atoms with Crippen LogP contribution in [0.25, 0.3) is 0 Å². The van der Waals surface area contributed by atoms with Gasteiger partial charge in [0.2, 0.25) is 5.91 Å². The highest BCUT2D eigenvalue weighted by Crippen LogP contribution is 2.37. The molecule has 7 heteroatoms. The van der Waals surface area contributed by atoms with Gasteiger partial charge in [-0.1, -0.05) is 11.6 Å². The highest BCUT2D eigenvalue weighted by Gasteiger charge is 2.37. The van der Waals surface area contributed by atoms with E-state index in [1.54, 1.807) is 4.68 Å². The molecule has 1 aliphatic heterocycles. The lowest BCUT2D eigenvalue weighted by atomic mass is 10.00. The SMILES string of the molecule is Cc1nn(C)c(Cl)c1[C@@H]1CCCN1CC(=O)NC1(C#N)CCCC1. The fourth-order valence-corrected chi connectivity index (χ4v) is 4.40. The van der Waals surface area contributed by atoms with E-state index in [4.69, 9.17) is 11.6 Å². The molecule has 0 spiro atoms. The average molecular weight is 350 g/mol. The summed E-state index contributed by atoms with van der Waals surface area (Å²) in [5.41, 5.74) is 1.29. The van der Waals surface area contributed by atoms with Gasteiger partial charge in [0.1, 0.15) is 10.7 Å². The van der Waals surface area contributed by atoms with Crippen LogP contribution in [0.3, 0.4) is 0 Å². The van der Waals surface area contributed by atoms with Gasteiger partial charge in [-0.05, 0) is 52.0 Å². The minimum Gasteiger partial charge on any atom is -0.337 e. The van der Waals surface area contributed by atoms with Crippen molar-refractivity contribution in [3.05, 3.63) is 16.4 Å². The average Bonchev–Trinajstić information content (AvgIpc) is 3.22. The van der Waals surface area contributed by atoms with E-state index in [-0.39, 0.29) is 11.9 Å². The maximum atomic E-state index is 12.5. The maximum Gasteiger partial charge on any atom is 0.235 e. The Kier molecular flexibility index (Phi) is 4.84. The van der Waals surface area contributed by atoms with Crippen molar-refractivity contribution in [1.29, 1.82) is 5.26 Å². The minimum absolute atomic E-state index is 0.0667. The summed E-state index contributed by atoms with van der Waals surface area (Å²) in [5, 5.41) is 17.4. The van der Waals surface area contributed by atoms with Crippen LogP contribution in [0, 0.1) is 18.3 Å². The van der Waals surface area contributed by atoms with Crippen LogP contribution in [0.5, 0.6) is 0 Å². The molecular formula is C17H24ClN5O. The molecule has 1 aromatic rings. The lowest BCUT2D eigenvalue weighted by Gasteiger charge is -2.27. The molecule has 1 N–H and O–H groups in total. The van der Waals surface area contributed by atoms with Crippen molar-refractivity contribution in [3.63, 3.8) is 0 Å². The third-order valence-electron chi connectivity index (χ3n) is 5.29. The zero-order chi connectivity index (χ0) is 17.3. The molecule has 0 aromatic carbocycles. The molecule has 1 atom stereocenters. The van der Waals surface area contributed by atoms with E-state index in [0.717, 1.165) is 56.3 Å². The minimum atomic E-state index is -0.659. The fourth-order valence-electron chi connectivity index (χ4n) is 4.10. The van der Waals surface area contributed by atoms with Gasteiger partial charge >= 0.3 is 0 Å². The van der Waals surface area contributed by atoms with Gasteiger partial charge in [0.05, 0.1) is 18.3 Å². The Hall–Kier alpha value is -1.58. The molecule has 24 heavy (non-hydrogen) atoms. The Balaban J connectivity index is 1.70. The monoisotopic (exact) mass is 349 g/mol. The summed E-state index contributed by atoms with van der Waals surface area (Å²) >= 11 is 6.41. The van der Waals surface area contributed by atoms with E-state index in [0.29, 0.717) is 11.7 Å². The smallest absolute Gasteiger partial charge is 0.235 e. The van der Waals surface area contributed by atoms with Crippen LogP contribution in [-0.4, -0.2) is 39.2 Å². The zero-order valence-corrected chi connectivity index (χ0v) is 15.1. The summed E-state index contributed by atoms with van der Waals surface area (Å²) in [6.07, 6.45) is 5.53. The molecule has 1 saturated carbocycles. The number of nitrogens with one attached hydrogen (secondary N) is 1. The number of halogens is 1. The maximum absolute atomic E-state index is 12.5. The van der Waals surface area contributed by atoms with Crippen LogP contribution in [0.15, 0.2) is 0 Å². The predicted molar refractivity (Wildman–Crippen MR) is 91.5 cm³/mol. The van der Waals surface area contributed by atoms with Gasteiger partial charge in [0, 0.05) is 18.7 Å². The lowest BCUT2D eigenvalue weighted by Crippen LogP contribution is -2.49. The van der Waals surface area contributed by atoms with Crippen LogP contribution < -0.4 is 5.32 Å². The van der Waals surface area contributed by atoms with Gasteiger partial charge in [-0.15, -0.1) is 0 Å². The number of carbonyl (C=O) groups excluding carboxylic acids is 1. The van der Waals surface area contributed by atoms with Crippen molar-refractivity contribution in [2.24, 2.45) is 7.05 Å². The normalized spacial score (nSPS) is 23.3. The van der Waals surface area contributed by atoms with Crippen LogP contribution in [0.1, 0.15) is 55.8 Å². The second-order valence-electron chi connectivity index (χ2n) is 6.99. The second-order valence-corrected chi connectivity index (χ2v) is 7.35. The van der Waals surface area contributed by atoms with Crippen LogP contribution in [-0.2, 0) is 11.8 Å². The van der Waals surface area contributed by atoms with E-state index in [9.17, 15) is 10.1 Å². The summed E-state index contributed by atoms with van der Waals surface area (Å²) < 4.78 is 1.69. The summed E-state index contributed by atoms with van der Waals surface area (Å²) in [6, 6.07) is 2.44. The van der Waals surface area contributed by atoms with E-state index in [1.165, 1.54) is 0 Å². The van der Waals surface area contributed by atoms with Gasteiger partial charge in [-0.2, -0.15) is 10.4 Å². The number of aromatic nitrogens is 2. The number of likely N-dealkylation sites (tertiary alicyclic amines) is 1. The van der Waals surface area contributed by atoms with Crippen molar-refractivity contribution >= 4 is 17.5 Å². The molecule has 0 unspecified atom stereocenters. The first-order chi connectivity index (χ1) is 11.5. The van der Waals surface area contributed by atoms with Crippen molar-refractivity contribution in [3.8, 4) is 6.07 Å². The molecule has 1 amide bonds. The molecule has 1 saturated heterocycles. The Labute approximate surface area is 147 Å². The molecule has 1 aromatic heterocycles. The van der Waals surface area contributed by atoms with Crippen LogP contribution >= 0.6 is 11.6 Å². The van der Waals surface area contributed by atoms with E-state index >= 15 is 0 Å². The van der Waals surface area contributed by atoms with Crippen molar-refractivity contribution in [1.82, 2.24) is 20.0 Å². The number of nitrogens with zero attached hydrogens (tertiary/aromatic N) is 4. The number of hydrogen-bond acceptors (Lipinski definition) is 4. The van der Waals surface area contributed by atoms with Crippen LogP contribution in [0.4, 0.5) is 0 Å². The summed E-state index contributed by atoms with van der Waals surface area (Å²) in [5.74, 6) is -0.0667. The lowest BCUT2D eigenvalue weighted by molar-refractivity contribution is -0.123. The van der Waals surface area contributed by atoms with E-state index < -0.39 is 5.54 Å². The van der Waals surface area contributed by atoms with Gasteiger partial charge < -0.3 is 5.32 Å². The highest BCUT2D eigenvalue weighted by molar-refractivity contribution is 6.30. The van der Waals surface area contributed by atoms with Crippen molar-refractivity contribution in [2.75, 3.05) is 13.1 Å². The molecule has 6 nitrogen and oxygen atoms in total. The molecule has 2 fully saturated rings. The van der Waals surface area contributed by atoms with Gasteiger partial charge in [-0.25, -0.2) is 0 Å². The number of rotatable bonds is 4. The quantitative estimate of drug-likeness (QED) is 0.906. The Bertz CT molecular complexity index is 671. The van der Waals surface area contributed by atoms with Crippen molar-refractivity contribution in [2.45, 2.75) is 57.0 Å². The molecule has 1 aliphatic carbocycles. The number of hydrogen-bond donors (Lipinski definition) is 1. The van der Waals surface area contributed by atoms with Crippen molar-refractivity contribution < 1.29 is 4.79 Å². The molecule has 2 aliphatic rings. The van der Waals surface area contributed by atoms with Gasteiger partial charge in [0.25, 0.3) is 0 Å². The third-order valence-corrected chi connectivity index (χ3v) is 5.74. The standard InChI is InChI=1S/C17H24ClN5O/c1-12-15(16(18)22(2)21-12)13-6-5-9-23(13)10-14(24)20-17(11-19)7-3-4-8-17/h13H,3-10H2,1-2H3,(H,20,24)/t13-/m0/s1. The zero-order valence-electron chi connectivity index (χ0n) is 14.3.